The van der Waals surface area contributed by atoms with Crippen molar-refractivity contribution in [2.75, 3.05) is 0 Å². The van der Waals surface area contributed by atoms with Gasteiger partial charge in [-0.3, -0.25) is 4.79 Å². The van der Waals surface area contributed by atoms with Crippen LogP contribution in [0.5, 0.6) is 0 Å². The second-order valence-corrected chi connectivity index (χ2v) is 6.35. The van der Waals surface area contributed by atoms with Crippen LogP contribution in [0.3, 0.4) is 0 Å². The molecule has 0 amide bonds. The van der Waals surface area contributed by atoms with E-state index >= 15 is 0 Å². The van der Waals surface area contributed by atoms with E-state index in [0.29, 0.717) is 6.42 Å². The lowest BCUT2D eigenvalue weighted by molar-refractivity contribution is -0.141. The molecule has 0 bridgehead atoms. The first kappa shape index (κ1) is 14.2. The average Bonchev–Trinajstić information content (AvgIpc) is 2.19. The zero-order valence-electron chi connectivity index (χ0n) is 10.7. The maximum absolute atomic E-state index is 10.8. The van der Waals surface area contributed by atoms with Gasteiger partial charge in [0.15, 0.2) is 0 Å². The minimum Gasteiger partial charge on any atom is -0.481 e. The van der Waals surface area contributed by atoms with Crippen molar-refractivity contribution in [1.29, 1.82) is 0 Å². The van der Waals surface area contributed by atoms with E-state index in [1.807, 2.05) is 6.07 Å². The molecular formula is C14H19BrO2. The Balaban J connectivity index is 2.95. The van der Waals surface area contributed by atoms with E-state index in [4.69, 9.17) is 5.11 Å². The van der Waals surface area contributed by atoms with Crippen molar-refractivity contribution in [3.05, 3.63) is 33.8 Å². The molecule has 94 valence electrons. The monoisotopic (exact) mass is 298 g/mol. The molecule has 0 saturated carbocycles. The largest absolute Gasteiger partial charge is 0.481 e. The zero-order chi connectivity index (χ0) is 13.2. The molecule has 0 spiro atoms. The third kappa shape index (κ3) is 3.84. The molecule has 0 aliphatic rings. The van der Waals surface area contributed by atoms with Gasteiger partial charge in [0.1, 0.15) is 0 Å². The van der Waals surface area contributed by atoms with E-state index in [-0.39, 0.29) is 11.3 Å². The number of halogens is 1. The van der Waals surface area contributed by atoms with Crippen LogP contribution in [-0.4, -0.2) is 11.1 Å². The molecule has 1 aromatic rings. The smallest absolute Gasteiger partial charge is 0.306 e. The highest BCUT2D eigenvalue weighted by atomic mass is 79.9. The fourth-order valence-corrected chi connectivity index (χ4v) is 2.14. The third-order valence-electron chi connectivity index (χ3n) is 2.87. The lowest BCUT2D eigenvalue weighted by atomic mass is 9.86. The quantitative estimate of drug-likeness (QED) is 0.915. The van der Waals surface area contributed by atoms with Crippen molar-refractivity contribution in [3.8, 4) is 0 Å². The molecule has 1 unspecified atom stereocenters. The van der Waals surface area contributed by atoms with Gasteiger partial charge in [0, 0.05) is 4.47 Å². The highest BCUT2D eigenvalue weighted by molar-refractivity contribution is 9.10. The Bertz CT molecular complexity index is 419. The van der Waals surface area contributed by atoms with E-state index in [1.54, 1.807) is 6.92 Å². The fourth-order valence-electron chi connectivity index (χ4n) is 1.60. The number of carboxylic acids is 1. The van der Waals surface area contributed by atoms with Gasteiger partial charge in [0.25, 0.3) is 0 Å². The van der Waals surface area contributed by atoms with Gasteiger partial charge in [0.05, 0.1) is 5.92 Å². The Kier molecular flexibility index (Phi) is 4.36. The summed E-state index contributed by atoms with van der Waals surface area (Å²) in [5.41, 5.74) is 2.41. The van der Waals surface area contributed by atoms with Gasteiger partial charge < -0.3 is 5.11 Å². The maximum Gasteiger partial charge on any atom is 0.306 e. The van der Waals surface area contributed by atoms with Crippen molar-refractivity contribution < 1.29 is 9.90 Å². The molecule has 1 aromatic carbocycles. The normalized spacial score (nSPS) is 13.5. The van der Waals surface area contributed by atoms with Gasteiger partial charge in [-0.2, -0.15) is 0 Å². The number of hydrogen-bond acceptors (Lipinski definition) is 1. The van der Waals surface area contributed by atoms with Crippen molar-refractivity contribution in [3.63, 3.8) is 0 Å². The van der Waals surface area contributed by atoms with Crippen LogP contribution in [0.15, 0.2) is 22.7 Å². The second kappa shape index (κ2) is 5.21. The predicted molar refractivity (Wildman–Crippen MR) is 73.3 cm³/mol. The highest BCUT2D eigenvalue weighted by Gasteiger charge is 2.17. The first-order valence-corrected chi connectivity index (χ1v) is 6.53. The van der Waals surface area contributed by atoms with Crippen molar-refractivity contribution in [2.45, 2.75) is 39.5 Å². The summed E-state index contributed by atoms with van der Waals surface area (Å²) >= 11 is 3.52. The second-order valence-electron chi connectivity index (χ2n) is 5.50. The Morgan fingerprint density at radius 1 is 1.41 bits per heavy atom. The van der Waals surface area contributed by atoms with Crippen molar-refractivity contribution in [1.82, 2.24) is 0 Å². The minimum absolute atomic E-state index is 0.111. The summed E-state index contributed by atoms with van der Waals surface area (Å²) in [5.74, 6) is -1.11. The van der Waals surface area contributed by atoms with Crippen LogP contribution in [0.2, 0.25) is 0 Å². The number of carbonyl (C=O) groups is 1. The lowest BCUT2D eigenvalue weighted by Gasteiger charge is -2.20. The van der Waals surface area contributed by atoms with Crippen molar-refractivity contribution in [2.24, 2.45) is 5.92 Å². The molecule has 1 rings (SSSR count). The summed E-state index contributed by atoms with van der Waals surface area (Å²) < 4.78 is 0.998. The molecule has 0 aromatic heterocycles. The van der Waals surface area contributed by atoms with Crippen LogP contribution < -0.4 is 0 Å². The highest BCUT2D eigenvalue weighted by Crippen LogP contribution is 2.28. The first-order valence-electron chi connectivity index (χ1n) is 5.73. The predicted octanol–water partition coefficient (Wildman–Crippen LogP) is 4.01. The standard InChI is InChI=1S/C14H19BrO2/c1-9(13(16)17)7-10-5-6-11(8-12(10)15)14(2,3)4/h5-6,8-9H,7H2,1-4H3,(H,16,17). The van der Waals surface area contributed by atoms with Gasteiger partial charge in [-0.25, -0.2) is 0 Å². The number of hydrogen-bond donors (Lipinski definition) is 1. The molecule has 0 aliphatic carbocycles. The van der Waals surface area contributed by atoms with Gasteiger partial charge in [-0.05, 0) is 29.0 Å². The third-order valence-corrected chi connectivity index (χ3v) is 3.60. The summed E-state index contributed by atoms with van der Waals surface area (Å²) in [7, 11) is 0. The van der Waals surface area contributed by atoms with Crippen LogP contribution in [0.1, 0.15) is 38.8 Å². The van der Waals surface area contributed by atoms with Gasteiger partial charge >= 0.3 is 5.97 Å². The molecular weight excluding hydrogens is 280 g/mol. The number of rotatable bonds is 3. The van der Waals surface area contributed by atoms with Crippen LogP contribution >= 0.6 is 15.9 Å². The van der Waals surface area contributed by atoms with E-state index in [9.17, 15) is 4.79 Å². The number of benzene rings is 1. The first-order chi connectivity index (χ1) is 7.71. The van der Waals surface area contributed by atoms with E-state index in [2.05, 4.69) is 48.8 Å². The molecule has 0 radical (unpaired) electrons. The molecule has 1 atom stereocenters. The minimum atomic E-state index is -0.753. The summed E-state index contributed by atoms with van der Waals surface area (Å²) in [5, 5.41) is 8.90. The summed E-state index contributed by atoms with van der Waals surface area (Å²) in [6, 6.07) is 6.18. The zero-order valence-corrected chi connectivity index (χ0v) is 12.3. The van der Waals surface area contributed by atoms with Gasteiger partial charge in [0.2, 0.25) is 0 Å². The van der Waals surface area contributed by atoms with Crippen LogP contribution in [0.25, 0.3) is 0 Å². The molecule has 0 saturated heterocycles. The Morgan fingerprint density at radius 2 is 2.00 bits per heavy atom. The maximum atomic E-state index is 10.8. The molecule has 3 heteroatoms. The summed E-state index contributed by atoms with van der Waals surface area (Å²) in [6.45, 7) is 8.21. The summed E-state index contributed by atoms with van der Waals surface area (Å²) in [4.78, 5) is 10.8. The molecule has 17 heavy (non-hydrogen) atoms. The van der Waals surface area contributed by atoms with Crippen LogP contribution in [0.4, 0.5) is 0 Å². The van der Waals surface area contributed by atoms with Crippen LogP contribution in [0, 0.1) is 5.92 Å². The average molecular weight is 299 g/mol. The SMILES string of the molecule is CC(Cc1ccc(C(C)(C)C)cc1Br)C(=O)O. The fraction of sp³-hybridized carbons (Fsp3) is 0.500. The van der Waals surface area contributed by atoms with Gasteiger partial charge in [-0.15, -0.1) is 0 Å². The molecule has 0 aliphatic heterocycles. The summed E-state index contributed by atoms with van der Waals surface area (Å²) in [6.07, 6.45) is 0.556. The topological polar surface area (TPSA) is 37.3 Å². The lowest BCUT2D eigenvalue weighted by Crippen LogP contribution is -2.14. The Labute approximate surface area is 111 Å². The Hall–Kier alpha value is -0.830. The van der Waals surface area contributed by atoms with E-state index < -0.39 is 5.97 Å². The Morgan fingerprint density at radius 3 is 2.41 bits per heavy atom. The molecule has 2 nitrogen and oxygen atoms in total. The number of carboxylic acid groups (broad SMARTS) is 1. The van der Waals surface area contributed by atoms with Crippen LogP contribution in [-0.2, 0) is 16.6 Å². The van der Waals surface area contributed by atoms with E-state index in [1.165, 1.54) is 5.56 Å². The van der Waals surface area contributed by atoms with E-state index in [0.717, 1.165) is 10.0 Å². The molecule has 1 N–H and O–H groups in total. The van der Waals surface area contributed by atoms with Crippen molar-refractivity contribution >= 4 is 21.9 Å². The molecule has 0 heterocycles. The molecule has 0 fully saturated rings. The van der Waals surface area contributed by atoms with Gasteiger partial charge in [-0.1, -0.05) is 55.8 Å². The number of aliphatic carboxylic acids is 1.